The van der Waals surface area contributed by atoms with Crippen LogP contribution in [-0.4, -0.2) is 15.5 Å². The van der Waals surface area contributed by atoms with E-state index in [4.69, 9.17) is 32.7 Å². The number of methoxy groups -OCH3 is 1. The molecular formula is C19H15Cl2NO4S. The first-order valence-corrected chi connectivity index (χ1v) is 10.0. The summed E-state index contributed by atoms with van der Waals surface area (Å²) in [5, 5.41) is 0.606. The Kier molecular flexibility index (Phi) is 5.79. The van der Waals surface area contributed by atoms with E-state index in [1.165, 1.54) is 30.3 Å². The van der Waals surface area contributed by atoms with E-state index in [0.717, 1.165) is 0 Å². The predicted octanol–water partition coefficient (Wildman–Crippen LogP) is 5.60. The Hall–Kier alpha value is -2.41. The molecule has 0 unspecified atom stereocenters. The lowest BCUT2D eigenvalue weighted by molar-refractivity contribution is 0.379. The van der Waals surface area contributed by atoms with Gasteiger partial charge in [-0.05, 0) is 54.6 Å². The molecule has 0 bridgehead atoms. The molecule has 3 aromatic rings. The van der Waals surface area contributed by atoms with Crippen molar-refractivity contribution in [3.8, 4) is 17.2 Å². The topological polar surface area (TPSA) is 64.6 Å². The Bertz CT molecular complexity index is 1050. The number of benzene rings is 3. The maximum absolute atomic E-state index is 12.5. The van der Waals surface area contributed by atoms with Gasteiger partial charge in [-0.3, -0.25) is 4.72 Å². The summed E-state index contributed by atoms with van der Waals surface area (Å²) >= 11 is 11.8. The Morgan fingerprint density at radius 1 is 0.852 bits per heavy atom. The molecule has 1 N–H and O–H groups in total. The summed E-state index contributed by atoms with van der Waals surface area (Å²) in [7, 11) is -2.23. The molecule has 0 aliphatic carbocycles. The Labute approximate surface area is 167 Å². The fraction of sp³-hybridized carbons (Fsp3) is 0.0526. The van der Waals surface area contributed by atoms with Gasteiger partial charge in [0.1, 0.15) is 5.75 Å². The molecule has 0 spiro atoms. The molecule has 3 aromatic carbocycles. The van der Waals surface area contributed by atoms with Crippen molar-refractivity contribution in [3.63, 3.8) is 0 Å². The number of para-hydroxylation sites is 2. The van der Waals surface area contributed by atoms with Gasteiger partial charge in [0, 0.05) is 0 Å². The van der Waals surface area contributed by atoms with Gasteiger partial charge in [0.2, 0.25) is 0 Å². The zero-order valence-corrected chi connectivity index (χ0v) is 16.5. The summed E-state index contributed by atoms with van der Waals surface area (Å²) in [4.78, 5) is 0.0842. The molecule has 3 rings (SSSR count). The molecule has 0 saturated heterocycles. The normalized spacial score (nSPS) is 11.1. The van der Waals surface area contributed by atoms with Gasteiger partial charge in [-0.25, -0.2) is 8.42 Å². The summed E-state index contributed by atoms with van der Waals surface area (Å²) < 4.78 is 38.5. The van der Waals surface area contributed by atoms with E-state index in [2.05, 4.69) is 4.72 Å². The van der Waals surface area contributed by atoms with Crippen LogP contribution in [0.25, 0.3) is 0 Å². The fourth-order valence-corrected chi connectivity index (χ4v) is 3.64. The zero-order chi connectivity index (χ0) is 19.4. The highest BCUT2D eigenvalue weighted by molar-refractivity contribution is 7.92. The van der Waals surface area contributed by atoms with Crippen LogP contribution >= 0.6 is 23.2 Å². The molecule has 0 saturated carbocycles. The van der Waals surface area contributed by atoms with E-state index in [9.17, 15) is 8.42 Å². The maximum Gasteiger partial charge on any atom is 0.261 e. The molecule has 0 radical (unpaired) electrons. The van der Waals surface area contributed by atoms with Crippen molar-refractivity contribution in [1.29, 1.82) is 0 Å². The minimum atomic E-state index is -3.78. The zero-order valence-electron chi connectivity index (χ0n) is 14.1. The molecule has 0 fully saturated rings. The number of sulfonamides is 1. The van der Waals surface area contributed by atoms with Gasteiger partial charge in [-0.1, -0.05) is 35.3 Å². The van der Waals surface area contributed by atoms with E-state index in [1.54, 1.807) is 31.4 Å². The van der Waals surface area contributed by atoms with Gasteiger partial charge >= 0.3 is 0 Å². The first-order chi connectivity index (χ1) is 12.9. The maximum atomic E-state index is 12.5. The molecule has 0 amide bonds. The number of nitrogens with one attached hydrogen (secondary N) is 1. The lowest BCUT2D eigenvalue weighted by atomic mass is 10.3. The molecule has 0 aromatic heterocycles. The molecule has 0 atom stereocenters. The van der Waals surface area contributed by atoms with Gasteiger partial charge in [-0.2, -0.15) is 0 Å². The average Bonchev–Trinajstić information content (AvgIpc) is 2.65. The third-order valence-corrected chi connectivity index (χ3v) is 5.74. The summed E-state index contributed by atoms with van der Waals surface area (Å²) in [6, 6.07) is 17.7. The van der Waals surface area contributed by atoms with Crippen molar-refractivity contribution in [2.75, 3.05) is 11.8 Å². The molecule has 5 nitrogen and oxygen atoms in total. The third kappa shape index (κ3) is 4.66. The Balaban J connectivity index is 1.78. The monoisotopic (exact) mass is 423 g/mol. The average molecular weight is 424 g/mol. The SMILES string of the molecule is COc1ccccc1Oc1ccc(S(=O)(=O)Nc2ccc(Cl)c(Cl)c2)cc1. The second kappa shape index (κ2) is 8.08. The summed E-state index contributed by atoms with van der Waals surface area (Å²) in [6.07, 6.45) is 0. The Morgan fingerprint density at radius 2 is 1.52 bits per heavy atom. The number of ether oxygens (including phenoxy) is 2. The molecule has 27 heavy (non-hydrogen) atoms. The summed E-state index contributed by atoms with van der Waals surface area (Å²) in [6.45, 7) is 0. The molecular weight excluding hydrogens is 409 g/mol. The highest BCUT2D eigenvalue weighted by Gasteiger charge is 2.15. The lowest BCUT2D eigenvalue weighted by Gasteiger charge is -2.11. The van der Waals surface area contributed by atoms with Gasteiger partial charge in [-0.15, -0.1) is 0 Å². The molecule has 0 heterocycles. The smallest absolute Gasteiger partial charge is 0.261 e. The van der Waals surface area contributed by atoms with E-state index < -0.39 is 10.0 Å². The number of rotatable bonds is 6. The summed E-state index contributed by atoms with van der Waals surface area (Å²) in [5.74, 6) is 1.59. The Morgan fingerprint density at radius 3 is 2.15 bits per heavy atom. The van der Waals surface area contributed by atoms with Crippen LogP contribution in [0.2, 0.25) is 10.0 Å². The van der Waals surface area contributed by atoms with Crippen LogP contribution in [0, 0.1) is 0 Å². The van der Waals surface area contributed by atoms with E-state index in [0.29, 0.717) is 28.0 Å². The van der Waals surface area contributed by atoms with Crippen molar-refractivity contribution in [1.82, 2.24) is 0 Å². The second-order valence-electron chi connectivity index (χ2n) is 5.46. The van der Waals surface area contributed by atoms with Crippen LogP contribution in [0.4, 0.5) is 5.69 Å². The van der Waals surface area contributed by atoms with Gasteiger partial charge in [0.05, 0.1) is 27.7 Å². The highest BCUT2D eigenvalue weighted by Crippen LogP contribution is 2.31. The molecule has 0 aliphatic heterocycles. The largest absolute Gasteiger partial charge is 0.493 e. The minimum absolute atomic E-state index is 0.0842. The van der Waals surface area contributed by atoms with E-state index in [-0.39, 0.29) is 9.92 Å². The molecule has 8 heteroatoms. The molecule has 140 valence electrons. The van der Waals surface area contributed by atoms with Crippen molar-refractivity contribution >= 4 is 38.9 Å². The number of halogens is 2. The van der Waals surface area contributed by atoms with Crippen LogP contribution < -0.4 is 14.2 Å². The number of hydrogen-bond acceptors (Lipinski definition) is 4. The minimum Gasteiger partial charge on any atom is -0.493 e. The van der Waals surface area contributed by atoms with Crippen LogP contribution in [0.1, 0.15) is 0 Å². The van der Waals surface area contributed by atoms with Crippen molar-refractivity contribution < 1.29 is 17.9 Å². The van der Waals surface area contributed by atoms with Gasteiger partial charge in [0.15, 0.2) is 11.5 Å². The second-order valence-corrected chi connectivity index (χ2v) is 7.96. The van der Waals surface area contributed by atoms with Gasteiger partial charge < -0.3 is 9.47 Å². The van der Waals surface area contributed by atoms with Crippen molar-refractivity contribution in [2.24, 2.45) is 0 Å². The first kappa shape index (κ1) is 19.4. The van der Waals surface area contributed by atoms with Crippen LogP contribution in [0.3, 0.4) is 0 Å². The van der Waals surface area contributed by atoms with Gasteiger partial charge in [0.25, 0.3) is 10.0 Å². The quantitative estimate of drug-likeness (QED) is 0.560. The standard InChI is InChI=1S/C19H15Cl2NO4S/c1-25-18-4-2-3-5-19(18)26-14-7-9-15(10-8-14)27(23,24)22-13-6-11-16(20)17(21)12-13/h2-12,22H,1H3. The number of hydrogen-bond donors (Lipinski definition) is 1. The molecule has 0 aliphatic rings. The lowest BCUT2D eigenvalue weighted by Crippen LogP contribution is -2.12. The third-order valence-electron chi connectivity index (χ3n) is 3.60. The van der Waals surface area contributed by atoms with Crippen molar-refractivity contribution in [2.45, 2.75) is 4.90 Å². The fourth-order valence-electron chi connectivity index (χ4n) is 2.29. The van der Waals surface area contributed by atoms with Crippen LogP contribution in [-0.2, 0) is 10.0 Å². The highest BCUT2D eigenvalue weighted by atomic mass is 35.5. The van der Waals surface area contributed by atoms with Crippen LogP contribution in [0.5, 0.6) is 17.2 Å². The summed E-state index contributed by atoms with van der Waals surface area (Å²) in [5.41, 5.74) is 0.318. The first-order valence-electron chi connectivity index (χ1n) is 7.78. The number of anilines is 1. The van der Waals surface area contributed by atoms with Crippen LogP contribution in [0.15, 0.2) is 71.6 Å². The van der Waals surface area contributed by atoms with Crippen molar-refractivity contribution in [3.05, 3.63) is 76.8 Å². The van der Waals surface area contributed by atoms with E-state index in [1.807, 2.05) is 12.1 Å². The van der Waals surface area contributed by atoms with E-state index >= 15 is 0 Å². The predicted molar refractivity (Wildman–Crippen MR) is 107 cm³/mol.